The van der Waals surface area contributed by atoms with Gasteiger partial charge in [0.05, 0.1) is 12.8 Å². The summed E-state index contributed by atoms with van der Waals surface area (Å²) in [5.41, 5.74) is 9.81. The highest BCUT2D eigenvalue weighted by Gasteiger charge is 2.03. The summed E-state index contributed by atoms with van der Waals surface area (Å²) >= 11 is 0. The smallest absolute Gasteiger partial charge is 0.130 e. The molecule has 14 heavy (non-hydrogen) atoms. The molecule has 0 fully saturated rings. The van der Waals surface area contributed by atoms with E-state index in [1.54, 1.807) is 13.2 Å². The summed E-state index contributed by atoms with van der Waals surface area (Å²) in [4.78, 5) is 4.67. The van der Waals surface area contributed by atoms with Gasteiger partial charge in [0.15, 0.2) is 0 Å². The van der Waals surface area contributed by atoms with E-state index in [1.165, 1.54) is 0 Å². The highest BCUT2D eigenvalue weighted by Crippen LogP contribution is 2.31. The van der Waals surface area contributed by atoms with Crippen LogP contribution in [-0.2, 0) is 0 Å². The number of hydrogen-bond donors (Lipinski definition) is 0. The molecule has 0 atom stereocenters. The van der Waals surface area contributed by atoms with E-state index in [0.717, 1.165) is 5.69 Å². The van der Waals surface area contributed by atoms with Crippen molar-refractivity contribution < 1.29 is 4.74 Å². The van der Waals surface area contributed by atoms with Crippen LogP contribution in [0.3, 0.4) is 0 Å². The predicted octanol–water partition coefficient (Wildman–Crippen LogP) is 2.70. The lowest BCUT2D eigenvalue weighted by Crippen LogP contribution is -2.08. The Hall–Kier alpha value is -1.87. The molecule has 0 saturated heterocycles. The maximum atomic E-state index is 8.31. The fourth-order valence-corrected chi connectivity index (χ4v) is 1.08. The van der Waals surface area contributed by atoms with Gasteiger partial charge in [-0.2, -0.15) is 0 Å². The monoisotopic (exact) mass is 192 g/mol. The number of ether oxygens (including phenoxy) is 1. The van der Waals surface area contributed by atoms with Gasteiger partial charge >= 0.3 is 0 Å². The molecular formula is C9H12N4O. The van der Waals surface area contributed by atoms with Crippen LogP contribution < -0.4 is 9.64 Å². The molecule has 1 rings (SSSR count). The molecule has 74 valence electrons. The third-order valence-electron chi connectivity index (χ3n) is 1.83. The summed E-state index contributed by atoms with van der Waals surface area (Å²) in [6.07, 6.45) is 0. The van der Waals surface area contributed by atoms with Crippen molar-refractivity contribution in [2.45, 2.75) is 0 Å². The quantitative estimate of drug-likeness (QED) is 0.420. The first-order chi connectivity index (χ1) is 6.69. The molecule has 0 radical (unpaired) electrons. The van der Waals surface area contributed by atoms with Crippen LogP contribution in [0.5, 0.6) is 5.75 Å². The summed E-state index contributed by atoms with van der Waals surface area (Å²) in [7, 11) is 5.41. The number of methoxy groups -OCH3 is 1. The Balaban J connectivity index is 3.17. The predicted molar refractivity (Wildman–Crippen MR) is 56.1 cm³/mol. The van der Waals surface area contributed by atoms with E-state index >= 15 is 0 Å². The molecule has 5 heteroatoms. The molecule has 1 aromatic carbocycles. The molecule has 5 nitrogen and oxygen atoms in total. The van der Waals surface area contributed by atoms with Crippen LogP contribution in [0.1, 0.15) is 0 Å². The van der Waals surface area contributed by atoms with Crippen LogP contribution in [0.15, 0.2) is 23.3 Å². The zero-order valence-electron chi connectivity index (χ0n) is 8.43. The van der Waals surface area contributed by atoms with Crippen LogP contribution in [0.2, 0.25) is 0 Å². The van der Waals surface area contributed by atoms with Crippen molar-refractivity contribution in [3.63, 3.8) is 0 Å². The van der Waals surface area contributed by atoms with Gasteiger partial charge in [0.2, 0.25) is 0 Å². The Morgan fingerprint density at radius 3 is 2.64 bits per heavy atom. The Labute approximate surface area is 82.5 Å². The van der Waals surface area contributed by atoms with Gasteiger partial charge in [-0.1, -0.05) is 5.11 Å². The number of anilines is 1. The highest BCUT2D eigenvalue weighted by atomic mass is 16.5. The average molecular weight is 192 g/mol. The number of azide groups is 1. The second-order valence-electron chi connectivity index (χ2n) is 2.94. The second kappa shape index (κ2) is 4.39. The van der Waals surface area contributed by atoms with E-state index in [2.05, 4.69) is 10.0 Å². The summed E-state index contributed by atoms with van der Waals surface area (Å²) in [6.45, 7) is 0. The van der Waals surface area contributed by atoms with Crippen LogP contribution in [-0.4, -0.2) is 21.2 Å². The minimum atomic E-state index is 0.501. The molecular weight excluding hydrogens is 180 g/mol. The highest BCUT2D eigenvalue weighted by molar-refractivity contribution is 5.61. The Morgan fingerprint density at radius 1 is 1.43 bits per heavy atom. The first-order valence-electron chi connectivity index (χ1n) is 4.09. The Kier molecular flexibility index (Phi) is 3.20. The number of rotatable bonds is 3. The lowest BCUT2D eigenvalue weighted by atomic mass is 10.2. The molecule has 0 spiro atoms. The first-order valence-corrected chi connectivity index (χ1v) is 4.09. The minimum Gasteiger partial charge on any atom is -0.496 e. The first kappa shape index (κ1) is 10.2. The molecule has 0 bridgehead atoms. The topological polar surface area (TPSA) is 61.2 Å². The summed E-state index contributed by atoms with van der Waals surface area (Å²) in [6, 6.07) is 5.42. The standard InChI is InChI=1S/C9H12N4O/c1-13(2)7-4-5-8(11-12-10)9(6-7)14-3/h4-6H,1-3H3. The zero-order chi connectivity index (χ0) is 10.6. The van der Waals surface area contributed by atoms with Crippen molar-refractivity contribution in [2.24, 2.45) is 5.11 Å². The van der Waals surface area contributed by atoms with Crippen LogP contribution in [0.25, 0.3) is 10.4 Å². The number of benzene rings is 1. The van der Waals surface area contributed by atoms with Gasteiger partial charge in [-0.15, -0.1) is 0 Å². The van der Waals surface area contributed by atoms with Gasteiger partial charge in [0.1, 0.15) is 5.75 Å². The van der Waals surface area contributed by atoms with Gasteiger partial charge in [-0.25, -0.2) is 0 Å². The fraction of sp³-hybridized carbons (Fsp3) is 0.333. The minimum absolute atomic E-state index is 0.501. The van der Waals surface area contributed by atoms with Crippen molar-refractivity contribution in [2.75, 3.05) is 26.1 Å². The van der Waals surface area contributed by atoms with Gasteiger partial charge in [0.25, 0.3) is 0 Å². The lowest BCUT2D eigenvalue weighted by molar-refractivity contribution is 0.416. The summed E-state index contributed by atoms with van der Waals surface area (Å²) in [5, 5.41) is 3.51. The molecule has 0 aromatic heterocycles. The second-order valence-corrected chi connectivity index (χ2v) is 2.94. The molecule has 0 aliphatic rings. The average Bonchev–Trinajstić information content (AvgIpc) is 2.18. The van der Waals surface area contributed by atoms with E-state index in [9.17, 15) is 0 Å². The fourth-order valence-electron chi connectivity index (χ4n) is 1.08. The maximum Gasteiger partial charge on any atom is 0.130 e. The van der Waals surface area contributed by atoms with Gasteiger partial charge in [0, 0.05) is 30.8 Å². The van der Waals surface area contributed by atoms with Crippen LogP contribution in [0, 0.1) is 0 Å². The Morgan fingerprint density at radius 2 is 2.14 bits per heavy atom. The normalized spacial score (nSPS) is 9.07. The van der Waals surface area contributed by atoms with E-state index in [1.807, 2.05) is 31.1 Å². The van der Waals surface area contributed by atoms with E-state index in [4.69, 9.17) is 10.3 Å². The lowest BCUT2D eigenvalue weighted by Gasteiger charge is -2.14. The number of hydrogen-bond acceptors (Lipinski definition) is 3. The molecule has 0 amide bonds. The van der Waals surface area contributed by atoms with Gasteiger partial charge in [-0.05, 0) is 17.7 Å². The van der Waals surface area contributed by atoms with Crippen molar-refractivity contribution in [3.05, 3.63) is 28.6 Å². The number of nitrogens with zero attached hydrogens (tertiary/aromatic N) is 4. The van der Waals surface area contributed by atoms with Crippen LogP contribution in [0.4, 0.5) is 11.4 Å². The molecule has 0 N–H and O–H groups in total. The zero-order valence-corrected chi connectivity index (χ0v) is 8.43. The van der Waals surface area contributed by atoms with Gasteiger partial charge < -0.3 is 9.64 Å². The molecule has 0 aliphatic heterocycles. The molecule has 1 aromatic rings. The third-order valence-corrected chi connectivity index (χ3v) is 1.83. The van der Waals surface area contributed by atoms with E-state index in [-0.39, 0.29) is 0 Å². The molecule has 0 unspecified atom stereocenters. The van der Waals surface area contributed by atoms with Crippen LogP contribution >= 0.6 is 0 Å². The largest absolute Gasteiger partial charge is 0.496 e. The van der Waals surface area contributed by atoms with E-state index in [0.29, 0.717) is 11.4 Å². The van der Waals surface area contributed by atoms with Crippen molar-refractivity contribution in [1.29, 1.82) is 0 Å². The molecule has 0 heterocycles. The van der Waals surface area contributed by atoms with Crippen molar-refractivity contribution in [3.8, 4) is 5.75 Å². The SMILES string of the molecule is COc1cc(N(C)C)ccc1N=[N+]=[N-]. The molecule has 0 aliphatic carbocycles. The van der Waals surface area contributed by atoms with E-state index < -0.39 is 0 Å². The molecule has 0 saturated carbocycles. The third kappa shape index (κ3) is 2.08. The Bertz CT molecular complexity index is 369. The van der Waals surface area contributed by atoms with Crippen molar-refractivity contribution in [1.82, 2.24) is 0 Å². The summed E-state index contributed by atoms with van der Waals surface area (Å²) < 4.78 is 5.10. The van der Waals surface area contributed by atoms with Crippen molar-refractivity contribution >= 4 is 11.4 Å². The maximum absolute atomic E-state index is 8.31. The summed E-state index contributed by atoms with van der Waals surface area (Å²) in [5.74, 6) is 0.578. The van der Waals surface area contributed by atoms with Gasteiger partial charge in [-0.3, -0.25) is 0 Å².